The molecule has 1 atom stereocenters. The second-order valence-electron chi connectivity index (χ2n) is 4.26. The van der Waals surface area contributed by atoms with Crippen LogP contribution in [0.3, 0.4) is 0 Å². The summed E-state index contributed by atoms with van der Waals surface area (Å²) in [5, 5.41) is 10.6. The highest BCUT2D eigenvalue weighted by Gasteiger charge is 2.19. The van der Waals surface area contributed by atoms with E-state index in [-0.39, 0.29) is 11.1 Å². The van der Waals surface area contributed by atoms with Gasteiger partial charge >= 0.3 is 0 Å². The first-order chi connectivity index (χ1) is 9.08. The number of pyridine rings is 1. The molecule has 1 unspecified atom stereocenters. The molecule has 0 aliphatic rings. The Balaban J connectivity index is 2.28. The Labute approximate surface area is 116 Å². The van der Waals surface area contributed by atoms with Crippen molar-refractivity contribution < 1.29 is 4.92 Å². The minimum Gasteiger partial charge on any atom is -0.258 e. The third-order valence-corrected chi connectivity index (χ3v) is 3.23. The van der Waals surface area contributed by atoms with Crippen molar-refractivity contribution in [3.05, 3.63) is 69.5 Å². The number of nitrogens with zero attached hydrogens (tertiary/aromatic N) is 2. The maximum absolute atomic E-state index is 11.0. The van der Waals surface area contributed by atoms with Crippen LogP contribution in [0.2, 0.25) is 0 Å². The molecule has 0 bridgehead atoms. The summed E-state index contributed by atoms with van der Waals surface area (Å²) in [7, 11) is 0. The van der Waals surface area contributed by atoms with Crippen LogP contribution in [0.5, 0.6) is 0 Å². The molecule has 2 rings (SSSR count). The van der Waals surface area contributed by atoms with Crippen molar-refractivity contribution in [1.82, 2.24) is 4.98 Å². The number of hydrogen-bond acceptors (Lipinski definition) is 3. The van der Waals surface area contributed by atoms with Crippen LogP contribution in [0.25, 0.3) is 0 Å². The first-order valence-electron chi connectivity index (χ1n) is 5.88. The number of halogens is 1. The van der Waals surface area contributed by atoms with Gasteiger partial charge in [0, 0.05) is 18.2 Å². The molecule has 2 aromatic rings. The molecule has 19 heavy (non-hydrogen) atoms. The summed E-state index contributed by atoms with van der Waals surface area (Å²) in [6, 6.07) is 12.6. The van der Waals surface area contributed by atoms with E-state index in [9.17, 15) is 10.1 Å². The zero-order valence-electron chi connectivity index (χ0n) is 10.4. The molecule has 1 aromatic carbocycles. The summed E-state index contributed by atoms with van der Waals surface area (Å²) in [5.74, 6) is 0. The van der Waals surface area contributed by atoms with Crippen LogP contribution in [-0.4, -0.2) is 9.91 Å². The van der Waals surface area contributed by atoms with Crippen LogP contribution in [0, 0.1) is 17.0 Å². The van der Waals surface area contributed by atoms with Crippen LogP contribution in [-0.2, 0) is 6.42 Å². The quantitative estimate of drug-likeness (QED) is 0.484. The van der Waals surface area contributed by atoms with Crippen LogP contribution in [0.4, 0.5) is 5.69 Å². The van der Waals surface area contributed by atoms with Gasteiger partial charge in [0.25, 0.3) is 5.69 Å². The number of hydrogen-bond donors (Lipinski definition) is 0. The lowest BCUT2D eigenvalue weighted by Gasteiger charge is -2.10. The fourth-order valence-electron chi connectivity index (χ4n) is 1.87. The SMILES string of the molecule is Cc1ccc([N+](=O)[O-])c(CC(Cl)c2ccccc2)n1. The van der Waals surface area contributed by atoms with E-state index >= 15 is 0 Å². The van der Waals surface area contributed by atoms with Crippen LogP contribution >= 0.6 is 11.6 Å². The molecule has 0 aliphatic carbocycles. The maximum Gasteiger partial charge on any atom is 0.290 e. The normalized spacial score (nSPS) is 12.1. The highest BCUT2D eigenvalue weighted by Crippen LogP contribution is 2.28. The lowest BCUT2D eigenvalue weighted by atomic mass is 10.1. The number of nitro groups is 1. The van der Waals surface area contributed by atoms with Gasteiger partial charge in [0.15, 0.2) is 0 Å². The highest BCUT2D eigenvalue weighted by atomic mass is 35.5. The number of alkyl halides is 1. The topological polar surface area (TPSA) is 56.0 Å². The lowest BCUT2D eigenvalue weighted by Crippen LogP contribution is -2.04. The largest absolute Gasteiger partial charge is 0.290 e. The molecular weight excluding hydrogens is 264 g/mol. The molecule has 0 amide bonds. The van der Waals surface area contributed by atoms with Gasteiger partial charge in [-0.05, 0) is 18.6 Å². The van der Waals surface area contributed by atoms with Gasteiger partial charge in [-0.3, -0.25) is 15.1 Å². The smallest absolute Gasteiger partial charge is 0.258 e. The molecule has 1 heterocycles. The van der Waals surface area contributed by atoms with E-state index in [1.165, 1.54) is 6.07 Å². The van der Waals surface area contributed by atoms with Gasteiger partial charge in [0.2, 0.25) is 0 Å². The van der Waals surface area contributed by atoms with Gasteiger partial charge < -0.3 is 0 Å². The zero-order valence-corrected chi connectivity index (χ0v) is 11.2. The van der Waals surface area contributed by atoms with Crippen LogP contribution in [0.1, 0.15) is 22.3 Å². The Morgan fingerprint density at radius 3 is 2.58 bits per heavy atom. The Hall–Kier alpha value is -1.94. The monoisotopic (exact) mass is 276 g/mol. The number of benzene rings is 1. The Morgan fingerprint density at radius 1 is 1.26 bits per heavy atom. The van der Waals surface area contributed by atoms with E-state index in [1.54, 1.807) is 13.0 Å². The van der Waals surface area contributed by atoms with Crippen molar-refractivity contribution in [3.63, 3.8) is 0 Å². The first-order valence-corrected chi connectivity index (χ1v) is 6.31. The van der Waals surface area contributed by atoms with Gasteiger partial charge in [0.1, 0.15) is 5.69 Å². The Bertz CT molecular complexity index is 587. The molecule has 0 N–H and O–H groups in total. The van der Waals surface area contributed by atoms with Crippen molar-refractivity contribution in [2.75, 3.05) is 0 Å². The predicted molar refractivity (Wildman–Crippen MR) is 74.4 cm³/mol. The third-order valence-electron chi connectivity index (χ3n) is 2.82. The fourth-order valence-corrected chi connectivity index (χ4v) is 2.16. The summed E-state index contributed by atoms with van der Waals surface area (Å²) in [5.41, 5.74) is 2.13. The molecule has 5 heteroatoms. The van der Waals surface area contributed by atoms with Gasteiger partial charge in [0.05, 0.1) is 10.3 Å². The molecule has 0 saturated heterocycles. The van der Waals surface area contributed by atoms with Crippen molar-refractivity contribution in [2.24, 2.45) is 0 Å². The standard InChI is InChI=1S/C14H13ClN2O2/c1-10-7-8-14(17(18)19)13(16-10)9-12(15)11-5-3-2-4-6-11/h2-8,12H,9H2,1H3. The molecule has 0 fully saturated rings. The average Bonchev–Trinajstić information content (AvgIpc) is 2.39. The van der Waals surface area contributed by atoms with Gasteiger partial charge in [-0.25, -0.2) is 0 Å². The number of aromatic nitrogens is 1. The molecule has 0 spiro atoms. The van der Waals surface area contributed by atoms with Crippen molar-refractivity contribution in [3.8, 4) is 0 Å². The Kier molecular flexibility index (Phi) is 4.12. The summed E-state index contributed by atoms with van der Waals surface area (Å²) in [6.45, 7) is 1.80. The first kappa shape index (κ1) is 13.5. The maximum atomic E-state index is 11.0. The third kappa shape index (κ3) is 3.29. The summed E-state index contributed by atoms with van der Waals surface area (Å²) in [6.07, 6.45) is 0.337. The summed E-state index contributed by atoms with van der Waals surface area (Å²) >= 11 is 6.31. The second kappa shape index (κ2) is 5.80. The van der Waals surface area contributed by atoms with E-state index in [2.05, 4.69) is 4.98 Å². The van der Waals surface area contributed by atoms with Gasteiger partial charge in [-0.2, -0.15) is 0 Å². The van der Waals surface area contributed by atoms with Gasteiger partial charge in [-0.1, -0.05) is 30.3 Å². The molecular formula is C14H13ClN2O2. The average molecular weight is 277 g/mol. The van der Waals surface area contributed by atoms with Crippen molar-refractivity contribution in [2.45, 2.75) is 18.7 Å². The molecule has 1 aromatic heterocycles. The van der Waals surface area contributed by atoms with E-state index < -0.39 is 4.92 Å². The van der Waals surface area contributed by atoms with Crippen LogP contribution < -0.4 is 0 Å². The highest BCUT2D eigenvalue weighted by molar-refractivity contribution is 6.20. The van der Waals surface area contributed by atoms with Crippen LogP contribution in [0.15, 0.2) is 42.5 Å². The fraction of sp³-hybridized carbons (Fsp3) is 0.214. The van der Waals surface area contributed by atoms with Crippen molar-refractivity contribution in [1.29, 1.82) is 0 Å². The lowest BCUT2D eigenvalue weighted by molar-refractivity contribution is -0.385. The van der Waals surface area contributed by atoms with E-state index in [4.69, 9.17) is 11.6 Å². The van der Waals surface area contributed by atoms with E-state index in [0.29, 0.717) is 12.1 Å². The molecule has 0 saturated carbocycles. The minimum atomic E-state index is -0.420. The van der Waals surface area contributed by atoms with Crippen molar-refractivity contribution >= 4 is 17.3 Å². The molecule has 0 radical (unpaired) electrons. The molecule has 0 aliphatic heterocycles. The minimum absolute atomic E-state index is 0.0205. The van der Waals surface area contributed by atoms with Gasteiger partial charge in [-0.15, -0.1) is 11.6 Å². The molecule has 98 valence electrons. The second-order valence-corrected chi connectivity index (χ2v) is 4.78. The molecule has 4 nitrogen and oxygen atoms in total. The number of aryl methyl sites for hydroxylation is 1. The summed E-state index contributed by atoms with van der Waals surface area (Å²) < 4.78 is 0. The predicted octanol–water partition coefficient (Wildman–Crippen LogP) is 3.82. The number of rotatable bonds is 4. The van der Waals surface area contributed by atoms with E-state index in [0.717, 1.165) is 11.3 Å². The van der Waals surface area contributed by atoms with E-state index in [1.807, 2.05) is 30.3 Å². The Morgan fingerprint density at radius 2 is 1.95 bits per heavy atom. The summed E-state index contributed by atoms with van der Waals surface area (Å²) in [4.78, 5) is 14.8. The zero-order chi connectivity index (χ0) is 13.8.